The molecular weight excluding hydrogens is 204 g/mol. The van der Waals surface area contributed by atoms with Crippen LogP contribution in [0.25, 0.3) is 0 Å². The molecule has 1 aliphatic carbocycles. The molecule has 1 unspecified atom stereocenters. The van der Waals surface area contributed by atoms with Gasteiger partial charge in [0.1, 0.15) is 0 Å². The van der Waals surface area contributed by atoms with E-state index in [1.165, 1.54) is 6.42 Å². The van der Waals surface area contributed by atoms with Crippen LogP contribution in [0.15, 0.2) is 0 Å². The Morgan fingerprint density at radius 3 is 2.75 bits per heavy atom. The number of carbonyl (C=O) groups excluding carboxylic acids is 1. The van der Waals surface area contributed by atoms with Gasteiger partial charge in [-0.05, 0) is 32.7 Å². The molecular formula is C12H22N2O2. The molecule has 0 aromatic rings. The average Bonchev–Trinajstić information content (AvgIpc) is 2.72. The molecule has 2 rings (SSSR count). The van der Waals surface area contributed by atoms with Crippen LogP contribution in [0.1, 0.15) is 32.1 Å². The molecule has 2 N–H and O–H groups in total. The fourth-order valence-electron chi connectivity index (χ4n) is 2.63. The van der Waals surface area contributed by atoms with Gasteiger partial charge in [-0.3, -0.25) is 4.79 Å². The molecule has 1 saturated heterocycles. The van der Waals surface area contributed by atoms with Crippen LogP contribution in [0.3, 0.4) is 0 Å². The summed E-state index contributed by atoms with van der Waals surface area (Å²) in [5.74, 6) is 0.212. The summed E-state index contributed by atoms with van der Waals surface area (Å²) in [5, 5.41) is 6.18. The van der Waals surface area contributed by atoms with E-state index in [4.69, 9.17) is 4.74 Å². The lowest BCUT2D eigenvalue weighted by atomic mass is 9.68. The standard InChI is InChI=1S/C12H22N2O2/c1-13-9-12(5-3-6-12)11(15)14-8-10-4-2-7-16-10/h10,13H,2-9H2,1H3,(H,14,15). The molecule has 0 spiro atoms. The second-order valence-corrected chi connectivity index (χ2v) is 5.01. The van der Waals surface area contributed by atoms with Crippen molar-refractivity contribution >= 4 is 5.91 Å². The van der Waals surface area contributed by atoms with Crippen molar-refractivity contribution in [2.45, 2.75) is 38.2 Å². The topological polar surface area (TPSA) is 50.4 Å². The number of ether oxygens (including phenoxy) is 1. The first kappa shape index (κ1) is 11.9. The van der Waals surface area contributed by atoms with Gasteiger partial charge in [0.2, 0.25) is 5.91 Å². The largest absolute Gasteiger partial charge is 0.376 e. The predicted octanol–water partition coefficient (Wildman–Crippen LogP) is 0.671. The Bertz CT molecular complexity index is 245. The van der Waals surface area contributed by atoms with E-state index in [9.17, 15) is 4.79 Å². The molecule has 0 aromatic carbocycles. The fourth-order valence-corrected chi connectivity index (χ4v) is 2.63. The van der Waals surface area contributed by atoms with E-state index in [2.05, 4.69) is 10.6 Å². The lowest BCUT2D eigenvalue weighted by Crippen LogP contribution is -2.52. The molecule has 4 heteroatoms. The van der Waals surface area contributed by atoms with Crippen molar-refractivity contribution in [1.29, 1.82) is 0 Å². The first-order chi connectivity index (χ1) is 7.77. The van der Waals surface area contributed by atoms with Gasteiger partial charge in [-0.1, -0.05) is 6.42 Å². The van der Waals surface area contributed by atoms with Crippen LogP contribution in [-0.4, -0.2) is 38.8 Å². The van der Waals surface area contributed by atoms with Crippen molar-refractivity contribution in [2.75, 3.05) is 26.7 Å². The fraction of sp³-hybridized carbons (Fsp3) is 0.917. The number of nitrogens with one attached hydrogen (secondary N) is 2. The van der Waals surface area contributed by atoms with Gasteiger partial charge in [-0.15, -0.1) is 0 Å². The third-order valence-electron chi connectivity index (χ3n) is 3.82. The highest BCUT2D eigenvalue weighted by atomic mass is 16.5. The summed E-state index contributed by atoms with van der Waals surface area (Å²) >= 11 is 0. The first-order valence-electron chi connectivity index (χ1n) is 6.31. The Balaban J connectivity index is 1.77. The minimum Gasteiger partial charge on any atom is -0.376 e. The molecule has 4 nitrogen and oxygen atoms in total. The highest BCUT2D eigenvalue weighted by molar-refractivity contribution is 5.83. The molecule has 0 bridgehead atoms. The molecule has 2 aliphatic rings. The first-order valence-corrected chi connectivity index (χ1v) is 6.31. The number of hydrogen-bond acceptors (Lipinski definition) is 3. The molecule has 1 amide bonds. The number of hydrogen-bond donors (Lipinski definition) is 2. The Labute approximate surface area is 97.1 Å². The number of amides is 1. The second-order valence-electron chi connectivity index (χ2n) is 5.01. The highest BCUT2D eigenvalue weighted by Crippen LogP contribution is 2.40. The van der Waals surface area contributed by atoms with Crippen molar-refractivity contribution in [3.63, 3.8) is 0 Å². The van der Waals surface area contributed by atoms with Gasteiger partial charge >= 0.3 is 0 Å². The smallest absolute Gasteiger partial charge is 0.227 e. The van der Waals surface area contributed by atoms with E-state index < -0.39 is 0 Å². The van der Waals surface area contributed by atoms with Gasteiger partial charge in [0.05, 0.1) is 11.5 Å². The Morgan fingerprint density at radius 2 is 2.25 bits per heavy atom. The summed E-state index contributed by atoms with van der Waals surface area (Å²) in [7, 11) is 1.91. The van der Waals surface area contributed by atoms with E-state index >= 15 is 0 Å². The maximum absolute atomic E-state index is 12.1. The van der Waals surface area contributed by atoms with E-state index in [0.29, 0.717) is 6.54 Å². The van der Waals surface area contributed by atoms with Crippen LogP contribution in [0.5, 0.6) is 0 Å². The Kier molecular flexibility index (Phi) is 3.82. The van der Waals surface area contributed by atoms with Crippen molar-refractivity contribution < 1.29 is 9.53 Å². The molecule has 1 atom stereocenters. The van der Waals surface area contributed by atoms with Gasteiger partial charge in [-0.2, -0.15) is 0 Å². The van der Waals surface area contributed by atoms with Gasteiger partial charge < -0.3 is 15.4 Å². The lowest BCUT2D eigenvalue weighted by molar-refractivity contribution is -0.136. The summed E-state index contributed by atoms with van der Waals surface area (Å²) in [6, 6.07) is 0. The highest BCUT2D eigenvalue weighted by Gasteiger charge is 2.43. The van der Waals surface area contributed by atoms with E-state index in [-0.39, 0.29) is 17.4 Å². The van der Waals surface area contributed by atoms with Crippen molar-refractivity contribution in [1.82, 2.24) is 10.6 Å². The van der Waals surface area contributed by atoms with Crippen molar-refractivity contribution in [2.24, 2.45) is 5.41 Å². The predicted molar refractivity (Wildman–Crippen MR) is 62.2 cm³/mol. The zero-order valence-corrected chi connectivity index (χ0v) is 10.1. The SMILES string of the molecule is CNCC1(C(=O)NCC2CCCO2)CCC1. The van der Waals surface area contributed by atoms with E-state index in [1.807, 2.05) is 7.05 Å². The number of carbonyl (C=O) groups is 1. The quantitative estimate of drug-likeness (QED) is 0.724. The van der Waals surface area contributed by atoms with Crippen molar-refractivity contribution in [3.05, 3.63) is 0 Å². The van der Waals surface area contributed by atoms with Crippen LogP contribution in [-0.2, 0) is 9.53 Å². The molecule has 1 heterocycles. The van der Waals surface area contributed by atoms with Gasteiger partial charge in [0.15, 0.2) is 0 Å². The zero-order chi connectivity index (χ0) is 11.4. The summed E-state index contributed by atoms with van der Waals surface area (Å²) in [6.45, 7) is 2.33. The van der Waals surface area contributed by atoms with Gasteiger partial charge in [-0.25, -0.2) is 0 Å². The maximum Gasteiger partial charge on any atom is 0.227 e. The maximum atomic E-state index is 12.1. The third-order valence-corrected chi connectivity index (χ3v) is 3.82. The van der Waals surface area contributed by atoms with Crippen LogP contribution in [0.4, 0.5) is 0 Å². The molecule has 1 saturated carbocycles. The molecule has 16 heavy (non-hydrogen) atoms. The van der Waals surface area contributed by atoms with Crippen molar-refractivity contribution in [3.8, 4) is 0 Å². The summed E-state index contributed by atoms with van der Waals surface area (Å²) in [4.78, 5) is 12.1. The Morgan fingerprint density at radius 1 is 1.44 bits per heavy atom. The molecule has 2 fully saturated rings. The number of rotatable bonds is 5. The lowest BCUT2D eigenvalue weighted by Gasteiger charge is -2.40. The summed E-state index contributed by atoms with van der Waals surface area (Å²) in [6.07, 6.45) is 5.67. The summed E-state index contributed by atoms with van der Waals surface area (Å²) in [5.41, 5.74) is -0.132. The monoisotopic (exact) mass is 226 g/mol. The minimum atomic E-state index is -0.132. The Hall–Kier alpha value is -0.610. The van der Waals surface area contributed by atoms with Crippen LogP contribution < -0.4 is 10.6 Å². The second kappa shape index (κ2) is 5.15. The van der Waals surface area contributed by atoms with Crippen LogP contribution >= 0.6 is 0 Å². The molecule has 0 radical (unpaired) electrons. The minimum absolute atomic E-state index is 0.132. The van der Waals surface area contributed by atoms with Crippen LogP contribution in [0.2, 0.25) is 0 Å². The summed E-state index contributed by atoms with van der Waals surface area (Å²) < 4.78 is 5.50. The van der Waals surface area contributed by atoms with Gasteiger partial charge in [0, 0.05) is 19.7 Å². The van der Waals surface area contributed by atoms with E-state index in [1.54, 1.807) is 0 Å². The molecule has 92 valence electrons. The van der Waals surface area contributed by atoms with Gasteiger partial charge in [0.25, 0.3) is 0 Å². The zero-order valence-electron chi connectivity index (χ0n) is 10.1. The normalized spacial score (nSPS) is 27.4. The average molecular weight is 226 g/mol. The van der Waals surface area contributed by atoms with Crippen LogP contribution in [0, 0.1) is 5.41 Å². The molecule has 0 aromatic heterocycles. The third kappa shape index (κ3) is 2.38. The van der Waals surface area contributed by atoms with E-state index in [0.717, 1.165) is 38.8 Å². The molecule has 1 aliphatic heterocycles.